The number of nitrogens with zero attached hydrogens (tertiary/aromatic N) is 1. The molecule has 1 saturated heterocycles. The average molecular weight is 211 g/mol. The zero-order valence-electron chi connectivity index (χ0n) is 9.58. The lowest BCUT2D eigenvalue weighted by Gasteiger charge is -2.34. The summed E-state index contributed by atoms with van der Waals surface area (Å²) in [4.78, 5) is 14.0. The Morgan fingerprint density at radius 3 is 2.60 bits per heavy atom. The summed E-state index contributed by atoms with van der Waals surface area (Å²) >= 11 is 0. The number of carbonyl (C=O) groups is 1. The second-order valence-electron chi connectivity index (χ2n) is 4.57. The number of carbonyl (C=O) groups excluding carboxylic acids is 1. The van der Waals surface area contributed by atoms with Crippen LogP contribution in [-0.2, 0) is 9.53 Å². The normalized spacial score (nSPS) is 29.9. The van der Waals surface area contributed by atoms with Crippen molar-refractivity contribution in [2.45, 2.75) is 51.2 Å². The zero-order chi connectivity index (χ0) is 10.7. The van der Waals surface area contributed by atoms with Crippen molar-refractivity contribution in [3.8, 4) is 0 Å². The van der Waals surface area contributed by atoms with E-state index in [-0.39, 0.29) is 6.04 Å². The molecular weight excluding hydrogens is 190 g/mol. The number of likely N-dealkylation sites (tertiary alicyclic amines) is 1. The van der Waals surface area contributed by atoms with Crippen molar-refractivity contribution in [2.24, 2.45) is 0 Å². The van der Waals surface area contributed by atoms with Crippen LogP contribution in [0.15, 0.2) is 0 Å². The molecular formula is C12H21NO2. The van der Waals surface area contributed by atoms with E-state index in [0.29, 0.717) is 11.9 Å². The summed E-state index contributed by atoms with van der Waals surface area (Å²) in [6, 6.07) is 0.243. The van der Waals surface area contributed by atoms with Gasteiger partial charge in [-0.2, -0.15) is 0 Å². The van der Waals surface area contributed by atoms with Crippen LogP contribution in [-0.4, -0.2) is 42.5 Å². The predicted octanol–water partition coefficient (Wildman–Crippen LogP) is 1.61. The average Bonchev–Trinajstić information content (AvgIpc) is 2.66. The van der Waals surface area contributed by atoms with Crippen LogP contribution < -0.4 is 0 Å². The fourth-order valence-corrected chi connectivity index (χ4v) is 2.77. The Kier molecular flexibility index (Phi) is 3.76. The third-order valence-electron chi connectivity index (χ3n) is 3.59. The molecule has 2 rings (SSSR count). The Morgan fingerprint density at radius 2 is 2.07 bits per heavy atom. The van der Waals surface area contributed by atoms with E-state index in [0.717, 1.165) is 51.8 Å². The molecule has 0 bridgehead atoms. The van der Waals surface area contributed by atoms with E-state index in [1.807, 2.05) is 6.92 Å². The molecule has 0 amide bonds. The minimum absolute atomic E-state index is 0.243. The highest BCUT2D eigenvalue weighted by Gasteiger charge is 2.32. The standard InChI is InChI=1S/C12H21NO2/c1-2-15-10-6-8-13(9-7-10)11-4-3-5-12(11)14/h10-11H,2-9H2,1H3. The molecule has 2 aliphatic rings. The molecule has 2 fully saturated rings. The lowest BCUT2D eigenvalue weighted by atomic mass is 10.0. The van der Waals surface area contributed by atoms with E-state index in [4.69, 9.17) is 4.74 Å². The van der Waals surface area contributed by atoms with Gasteiger partial charge in [-0.1, -0.05) is 0 Å². The fraction of sp³-hybridized carbons (Fsp3) is 0.917. The summed E-state index contributed by atoms with van der Waals surface area (Å²) in [6.07, 6.45) is 5.60. The number of ketones is 1. The van der Waals surface area contributed by atoms with E-state index < -0.39 is 0 Å². The van der Waals surface area contributed by atoms with Gasteiger partial charge in [-0.25, -0.2) is 0 Å². The number of piperidine rings is 1. The highest BCUT2D eigenvalue weighted by atomic mass is 16.5. The van der Waals surface area contributed by atoms with Crippen LogP contribution in [0.25, 0.3) is 0 Å². The van der Waals surface area contributed by atoms with Gasteiger partial charge in [0.25, 0.3) is 0 Å². The minimum Gasteiger partial charge on any atom is -0.378 e. The van der Waals surface area contributed by atoms with E-state index in [2.05, 4.69) is 4.90 Å². The van der Waals surface area contributed by atoms with Gasteiger partial charge in [0.1, 0.15) is 5.78 Å². The van der Waals surface area contributed by atoms with Gasteiger partial charge < -0.3 is 4.74 Å². The third-order valence-corrected chi connectivity index (χ3v) is 3.59. The van der Waals surface area contributed by atoms with Crippen LogP contribution >= 0.6 is 0 Å². The van der Waals surface area contributed by atoms with Crippen LogP contribution in [0.4, 0.5) is 0 Å². The lowest BCUT2D eigenvalue weighted by Crippen LogP contribution is -2.45. The number of ether oxygens (including phenoxy) is 1. The van der Waals surface area contributed by atoms with Crippen molar-refractivity contribution in [2.75, 3.05) is 19.7 Å². The van der Waals surface area contributed by atoms with Gasteiger partial charge in [0.05, 0.1) is 12.1 Å². The van der Waals surface area contributed by atoms with E-state index >= 15 is 0 Å². The molecule has 1 saturated carbocycles. The molecule has 1 aliphatic heterocycles. The largest absolute Gasteiger partial charge is 0.378 e. The van der Waals surface area contributed by atoms with Gasteiger partial charge >= 0.3 is 0 Å². The maximum Gasteiger partial charge on any atom is 0.149 e. The summed E-state index contributed by atoms with van der Waals surface area (Å²) in [7, 11) is 0. The Balaban J connectivity index is 1.80. The second-order valence-corrected chi connectivity index (χ2v) is 4.57. The second kappa shape index (κ2) is 5.08. The fourth-order valence-electron chi connectivity index (χ4n) is 2.77. The molecule has 0 aromatic heterocycles. The first-order valence-electron chi connectivity index (χ1n) is 6.19. The molecule has 0 spiro atoms. The first-order valence-corrected chi connectivity index (χ1v) is 6.19. The topological polar surface area (TPSA) is 29.5 Å². The highest BCUT2D eigenvalue weighted by molar-refractivity contribution is 5.85. The molecule has 0 aromatic rings. The first-order chi connectivity index (χ1) is 7.31. The van der Waals surface area contributed by atoms with Gasteiger partial charge in [-0.05, 0) is 32.6 Å². The maximum atomic E-state index is 11.6. The summed E-state index contributed by atoms with van der Waals surface area (Å²) in [5.74, 6) is 0.463. The number of Topliss-reactive ketones (excluding diaryl/α,β-unsaturated/α-hetero) is 1. The number of hydrogen-bond acceptors (Lipinski definition) is 3. The molecule has 86 valence electrons. The minimum atomic E-state index is 0.243. The summed E-state index contributed by atoms with van der Waals surface area (Å²) in [5, 5.41) is 0. The molecule has 1 aliphatic carbocycles. The summed E-state index contributed by atoms with van der Waals surface area (Å²) in [6.45, 7) is 4.95. The molecule has 3 nitrogen and oxygen atoms in total. The molecule has 0 N–H and O–H groups in total. The Labute approximate surface area is 91.8 Å². The highest BCUT2D eigenvalue weighted by Crippen LogP contribution is 2.24. The molecule has 15 heavy (non-hydrogen) atoms. The van der Waals surface area contributed by atoms with Crippen molar-refractivity contribution >= 4 is 5.78 Å². The van der Waals surface area contributed by atoms with Crippen molar-refractivity contribution < 1.29 is 9.53 Å². The lowest BCUT2D eigenvalue weighted by molar-refractivity contribution is -0.123. The number of rotatable bonds is 3. The molecule has 0 radical (unpaired) electrons. The van der Waals surface area contributed by atoms with Gasteiger partial charge in [0.15, 0.2) is 0 Å². The van der Waals surface area contributed by atoms with E-state index in [1.165, 1.54) is 0 Å². The smallest absolute Gasteiger partial charge is 0.149 e. The molecule has 1 atom stereocenters. The van der Waals surface area contributed by atoms with Crippen LogP contribution in [0.3, 0.4) is 0 Å². The molecule has 3 heteroatoms. The van der Waals surface area contributed by atoms with Crippen LogP contribution in [0.2, 0.25) is 0 Å². The van der Waals surface area contributed by atoms with Gasteiger partial charge in [0, 0.05) is 26.1 Å². The van der Waals surface area contributed by atoms with Crippen molar-refractivity contribution in [1.82, 2.24) is 4.90 Å². The van der Waals surface area contributed by atoms with Crippen LogP contribution in [0.5, 0.6) is 0 Å². The quantitative estimate of drug-likeness (QED) is 0.710. The zero-order valence-corrected chi connectivity index (χ0v) is 9.58. The molecule has 1 unspecified atom stereocenters. The van der Waals surface area contributed by atoms with E-state index in [1.54, 1.807) is 0 Å². The van der Waals surface area contributed by atoms with Crippen LogP contribution in [0.1, 0.15) is 39.0 Å². The predicted molar refractivity (Wildman–Crippen MR) is 58.9 cm³/mol. The Bertz CT molecular complexity index is 222. The Morgan fingerprint density at radius 1 is 1.33 bits per heavy atom. The van der Waals surface area contributed by atoms with Crippen molar-refractivity contribution in [1.29, 1.82) is 0 Å². The van der Waals surface area contributed by atoms with Crippen LogP contribution in [0, 0.1) is 0 Å². The SMILES string of the molecule is CCOC1CCN(C2CCCC2=O)CC1. The van der Waals surface area contributed by atoms with Crippen molar-refractivity contribution in [3.63, 3.8) is 0 Å². The monoisotopic (exact) mass is 211 g/mol. The first kappa shape index (κ1) is 11.1. The molecule has 1 heterocycles. The van der Waals surface area contributed by atoms with Crippen molar-refractivity contribution in [3.05, 3.63) is 0 Å². The third kappa shape index (κ3) is 2.58. The Hall–Kier alpha value is -0.410. The van der Waals surface area contributed by atoms with E-state index in [9.17, 15) is 4.79 Å². The number of hydrogen-bond donors (Lipinski definition) is 0. The summed E-state index contributed by atoms with van der Waals surface area (Å²) in [5.41, 5.74) is 0. The van der Waals surface area contributed by atoms with Gasteiger partial charge in [-0.3, -0.25) is 9.69 Å². The van der Waals surface area contributed by atoms with Gasteiger partial charge in [0.2, 0.25) is 0 Å². The van der Waals surface area contributed by atoms with Gasteiger partial charge in [-0.15, -0.1) is 0 Å². The molecule has 0 aromatic carbocycles. The summed E-state index contributed by atoms with van der Waals surface area (Å²) < 4.78 is 5.61. The maximum absolute atomic E-state index is 11.6.